The molecule has 4 heterocycles. The van der Waals surface area contributed by atoms with Crippen LogP contribution in [0, 0.1) is 24.9 Å². The molecule has 0 atom stereocenters. The van der Waals surface area contributed by atoms with Gasteiger partial charge in [-0.05, 0) is 65.1 Å². The van der Waals surface area contributed by atoms with Crippen molar-refractivity contribution in [2.45, 2.75) is 66.0 Å². The van der Waals surface area contributed by atoms with Gasteiger partial charge in [0.25, 0.3) is 0 Å². The van der Waals surface area contributed by atoms with Crippen molar-refractivity contribution in [2.75, 3.05) is 0 Å². The van der Waals surface area contributed by atoms with Gasteiger partial charge in [-0.3, -0.25) is 0 Å². The summed E-state index contributed by atoms with van der Waals surface area (Å²) >= 11 is 0. The number of hydrogen-bond acceptors (Lipinski definition) is 4. The van der Waals surface area contributed by atoms with Crippen LogP contribution in [0.3, 0.4) is 0 Å². The summed E-state index contributed by atoms with van der Waals surface area (Å²) in [6.07, 6.45) is 5.04. The first-order valence-electron chi connectivity index (χ1n) is 18.4. The first-order valence-corrected chi connectivity index (χ1v) is 20.4. The molecule has 6 heteroatoms. The van der Waals surface area contributed by atoms with E-state index in [0.29, 0.717) is 17.2 Å². The van der Waals surface area contributed by atoms with E-state index < -0.39 is 14.9 Å². The van der Waals surface area contributed by atoms with E-state index in [0.717, 1.165) is 45.3 Å². The summed E-state index contributed by atoms with van der Waals surface area (Å²) in [5, 5.41) is 3.11. The van der Waals surface area contributed by atoms with E-state index in [1.807, 2.05) is 54.6 Å². The second-order valence-corrected chi connectivity index (χ2v) is 19.6. The van der Waals surface area contributed by atoms with Crippen LogP contribution in [0.25, 0.3) is 44.6 Å². The topological polar surface area (TPSA) is 51.8 Å². The van der Waals surface area contributed by atoms with Crippen molar-refractivity contribution in [3.8, 4) is 22.5 Å². The minimum Gasteiger partial charge on any atom is -0.486 e. The molecule has 0 spiro atoms. The van der Waals surface area contributed by atoms with Crippen LogP contribution >= 0.6 is 0 Å². The van der Waals surface area contributed by atoms with Gasteiger partial charge in [0.2, 0.25) is 5.71 Å². The average Bonchev–Trinajstić information content (AvgIpc) is 3.50. The quantitative estimate of drug-likeness (QED) is 0.118. The zero-order valence-corrected chi connectivity index (χ0v) is 33.2. The Bertz CT molecular complexity index is 2320. The van der Waals surface area contributed by atoms with Crippen LogP contribution in [0.5, 0.6) is 0 Å². The molecule has 0 aliphatic carbocycles. The van der Waals surface area contributed by atoms with Crippen molar-refractivity contribution < 1.29 is 28.6 Å². The molecule has 0 amide bonds. The average molecular weight is 855 g/mol. The Kier molecular flexibility index (Phi) is 10.1. The molecule has 1 radical (unpaired) electrons. The van der Waals surface area contributed by atoms with Crippen LogP contribution in [0.4, 0.5) is 0 Å². The molecule has 0 fully saturated rings. The monoisotopic (exact) mass is 855 g/mol. The van der Waals surface area contributed by atoms with E-state index >= 15 is 0 Å². The van der Waals surface area contributed by atoms with Gasteiger partial charge in [0.1, 0.15) is 0 Å². The third-order valence-electron chi connectivity index (χ3n) is 8.94. The molecule has 0 saturated heterocycles. The van der Waals surface area contributed by atoms with Crippen LogP contribution in [-0.2, 0) is 31.9 Å². The molecule has 4 nitrogen and oxygen atoms in total. The Balaban J connectivity index is 0.000000223. The molecular formula is C44H45IrN3OSi-2. The number of pyridine rings is 3. The SMILES string of the molecule is CC(C)Cc1cc(-c2[c-]cccc2)ncc1[Si](C)(C)C.[2H]C([2H])([2H])c1ccc2c(n1)oc1c(-c3cc(C(C)(C)c4ccccc4)ccn3)[c-]ccc12.[Ir]. The van der Waals surface area contributed by atoms with Gasteiger partial charge < -0.3 is 14.4 Å². The van der Waals surface area contributed by atoms with Crippen molar-refractivity contribution in [2.24, 2.45) is 5.92 Å². The van der Waals surface area contributed by atoms with E-state index in [1.165, 1.54) is 22.4 Å². The summed E-state index contributed by atoms with van der Waals surface area (Å²) in [6.45, 7) is 13.8. The number of nitrogens with zero attached hydrogens (tertiary/aromatic N) is 3. The van der Waals surface area contributed by atoms with Gasteiger partial charge in [-0.15, -0.1) is 54.1 Å². The van der Waals surface area contributed by atoms with Gasteiger partial charge in [-0.25, -0.2) is 4.98 Å². The van der Waals surface area contributed by atoms with E-state index in [9.17, 15) is 0 Å². The van der Waals surface area contributed by atoms with Crippen LogP contribution in [0.2, 0.25) is 19.6 Å². The van der Waals surface area contributed by atoms with Crippen LogP contribution < -0.4 is 5.19 Å². The van der Waals surface area contributed by atoms with Gasteiger partial charge in [0, 0.05) is 53.1 Å². The Morgan fingerprint density at radius 2 is 1.60 bits per heavy atom. The maximum absolute atomic E-state index is 7.63. The minimum absolute atomic E-state index is 0. The molecule has 0 aliphatic rings. The maximum atomic E-state index is 7.63. The van der Waals surface area contributed by atoms with Gasteiger partial charge >= 0.3 is 0 Å². The molecule has 0 N–H and O–H groups in total. The number of aromatic nitrogens is 3. The van der Waals surface area contributed by atoms with Crippen LogP contribution in [0.15, 0.2) is 114 Å². The van der Waals surface area contributed by atoms with Gasteiger partial charge in [-0.2, -0.15) is 0 Å². The summed E-state index contributed by atoms with van der Waals surface area (Å²) < 4.78 is 28.9. The zero-order chi connectivity index (χ0) is 37.3. The molecule has 0 unspecified atom stereocenters. The van der Waals surface area contributed by atoms with Crippen molar-refractivity contribution in [3.05, 3.63) is 144 Å². The Labute approximate surface area is 316 Å². The molecule has 0 saturated carbocycles. The molecule has 3 aromatic carbocycles. The second-order valence-electron chi connectivity index (χ2n) is 14.5. The van der Waals surface area contributed by atoms with Crippen molar-refractivity contribution in [1.29, 1.82) is 0 Å². The normalized spacial score (nSPS) is 12.8. The van der Waals surface area contributed by atoms with Gasteiger partial charge in [0.05, 0.1) is 13.7 Å². The Morgan fingerprint density at radius 1 is 0.820 bits per heavy atom. The molecule has 4 aromatic heterocycles. The maximum Gasteiger partial charge on any atom is 0.216 e. The van der Waals surface area contributed by atoms with E-state index in [2.05, 4.69) is 111 Å². The number of rotatable bonds is 7. The molecule has 257 valence electrons. The largest absolute Gasteiger partial charge is 0.486 e. The standard InChI is InChI=1S/C26H21N2O.C18H24NSi.Ir/c1-17-12-13-21-20-10-7-11-22(24(20)29-25(21)28-17)23-16-19(14-15-27-23)26(2,3)18-8-5-4-6-9-18;1-14(2)11-16-12-17(15-9-7-6-8-10-15)19-13-18(16)20(3,4)5;/h4-10,12-16H,1-3H3;6-9,12-14H,11H2,1-5H3;/q2*-1;/i1D3;;. The molecular weight excluding hydrogens is 807 g/mol. The predicted molar refractivity (Wildman–Crippen MR) is 207 cm³/mol. The fourth-order valence-corrected chi connectivity index (χ4v) is 7.86. The third-order valence-corrected chi connectivity index (χ3v) is 11.0. The molecule has 7 rings (SSSR count). The molecule has 7 aromatic rings. The second kappa shape index (κ2) is 15.3. The van der Waals surface area contributed by atoms with Crippen molar-refractivity contribution >= 4 is 35.3 Å². The van der Waals surface area contributed by atoms with Crippen LogP contribution in [0.1, 0.15) is 54.2 Å². The summed E-state index contributed by atoms with van der Waals surface area (Å²) in [6, 6.07) is 38.3. The zero-order valence-electron chi connectivity index (χ0n) is 32.8. The van der Waals surface area contributed by atoms with E-state index in [-0.39, 0.29) is 31.2 Å². The summed E-state index contributed by atoms with van der Waals surface area (Å²) in [5.41, 5.74) is 8.10. The fraction of sp³-hybridized carbons (Fsp3) is 0.250. The number of aryl methyl sites for hydroxylation is 1. The summed E-state index contributed by atoms with van der Waals surface area (Å²) in [4.78, 5) is 13.5. The fourth-order valence-electron chi connectivity index (χ4n) is 6.27. The molecule has 0 aliphatic heterocycles. The van der Waals surface area contributed by atoms with Crippen molar-refractivity contribution in [3.63, 3.8) is 0 Å². The summed E-state index contributed by atoms with van der Waals surface area (Å²) in [5.74, 6) is 0.667. The Morgan fingerprint density at radius 3 is 2.30 bits per heavy atom. The van der Waals surface area contributed by atoms with Crippen molar-refractivity contribution in [1.82, 2.24) is 15.0 Å². The first kappa shape index (κ1) is 33.0. The van der Waals surface area contributed by atoms with Crippen LogP contribution in [-0.4, -0.2) is 23.0 Å². The predicted octanol–water partition coefficient (Wildman–Crippen LogP) is 10.8. The number of hydrogen-bond donors (Lipinski definition) is 0. The number of fused-ring (bicyclic) bond motifs is 3. The van der Waals surface area contributed by atoms with Gasteiger partial charge in [-0.1, -0.05) is 106 Å². The third kappa shape index (κ3) is 8.05. The number of furan rings is 1. The summed E-state index contributed by atoms with van der Waals surface area (Å²) in [7, 11) is -1.34. The molecule has 0 bridgehead atoms. The van der Waals surface area contributed by atoms with E-state index in [1.54, 1.807) is 12.3 Å². The smallest absolute Gasteiger partial charge is 0.216 e. The molecule has 50 heavy (non-hydrogen) atoms. The first-order chi connectivity index (χ1) is 24.6. The minimum atomic E-state index is -2.29. The Hall–Kier alpha value is -4.22. The number of benzene rings is 3. The van der Waals surface area contributed by atoms with E-state index in [4.69, 9.17) is 8.53 Å². The van der Waals surface area contributed by atoms with Gasteiger partial charge in [0.15, 0.2) is 0 Å².